The van der Waals surface area contributed by atoms with Crippen LogP contribution >= 0.6 is 0 Å². The van der Waals surface area contributed by atoms with Gasteiger partial charge in [-0.3, -0.25) is 0 Å². The van der Waals surface area contributed by atoms with Crippen molar-refractivity contribution in [1.29, 1.82) is 5.26 Å². The molecule has 0 bridgehead atoms. The summed E-state index contributed by atoms with van der Waals surface area (Å²) in [6.45, 7) is 1.78. The number of fused-ring (bicyclic) bond motifs is 2. The van der Waals surface area contributed by atoms with Crippen molar-refractivity contribution in [3.05, 3.63) is 34.9 Å². The van der Waals surface area contributed by atoms with E-state index in [0.717, 1.165) is 5.56 Å². The Bertz CT molecular complexity index is 583. The van der Waals surface area contributed by atoms with Crippen molar-refractivity contribution in [1.82, 2.24) is 0 Å². The van der Waals surface area contributed by atoms with Crippen molar-refractivity contribution in [3.63, 3.8) is 0 Å². The van der Waals surface area contributed by atoms with E-state index in [2.05, 4.69) is 0 Å². The third-order valence-corrected chi connectivity index (χ3v) is 3.96. The SMILES string of the molecule is CC1OC2(OCc3cc(C#N)ccc32)C(O)C(O)C1O. The van der Waals surface area contributed by atoms with Gasteiger partial charge in [-0.2, -0.15) is 5.26 Å². The average Bonchev–Trinajstić information content (AvgIpc) is 2.82. The fourth-order valence-corrected chi connectivity index (χ4v) is 2.83. The van der Waals surface area contributed by atoms with Crippen LogP contribution in [-0.4, -0.2) is 39.7 Å². The number of rotatable bonds is 0. The maximum Gasteiger partial charge on any atom is 0.225 e. The Hall–Kier alpha value is -1.49. The Labute approximate surface area is 115 Å². The third kappa shape index (κ3) is 1.69. The van der Waals surface area contributed by atoms with E-state index in [0.29, 0.717) is 11.1 Å². The number of hydrogen-bond acceptors (Lipinski definition) is 6. The molecule has 3 N–H and O–H groups in total. The Kier molecular flexibility index (Phi) is 3.05. The van der Waals surface area contributed by atoms with Crippen LogP contribution in [0.4, 0.5) is 0 Å². The van der Waals surface area contributed by atoms with Crippen molar-refractivity contribution in [2.24, 2.45) is 0 Å². The average molecular weight is 277 g/mol. The number of nitriles is 1. The monoisotopic (exact) mass is 277 g/mol. The zero-order chi connectivity index (χ0) is 14.5. The van der Waals surface area contributed by atoms with Crippen LogP contribution in [0.15, 0.2) is 18.2 Å². The van der Waals surface area contributed by atoms with Crippen LogP contribution in [0.3, 0.4) is 0 Å². The molecule has 0 radical (unpaired) electrons. The topological polar surface area (TPSA) is 103 Å². The molecule has 0 aliphatic carbocycles. The minimum Gasteiger partial charge on any atom is -0.388 e. The lowest BCUT2D eigenvalue weighted by Gasteiger charge is -2.45. The van der Waals surface area contributed by atoms with E-state index in [1.165, 1.54) is 0 Å². The van der Waals surface area contributed by atoms with Crippen LogP contribution in [0, 0.1) is 11.3 Å². The number of hydrogen-bond donors (Lipinski definition) is 3. The molecule has 5 unspecified atom stereocenters. The lowest BCUT2D eigenvalue weighted by Crippen LogP contribution is -2.61. The van der Waals surface area contributed by atoms with E-state index in [1.807, 2.05) is 6.07 Å². The lowest BCUT2D eigenvalue weighted by molar-refractivity contribution is -0.362. The van der Waals surface area contributed by atoms with Gasteiger partial charge in [-0.15, -0.1) is 0 Å². The van der Waals surface area contributed by atoms with Crippen molar-refractivity contribution in [2.45, 2.75) is 43.7 Å². The van der Waals surface area contributed by atoms with Gasteiger partial charge in [0.15, 0.2) is 0 Å². The van der Waals surface area contributed by atoms with Crippen LogP contribution in [0.1, 0.15) is 23.6 Å². The van der Waals surface area contributed by atoms with Gasteiger partial charge in [0.05, 0.1) is 24.3 Å². The number of aliphatic hydroxyl groups is 3. The van der Waals surface area contributed by atoms with Crippen LogP contribution < -0.4 is 0 Å². The molecule has 2 heterocycles. The van der Waals surface area contributed by atoms with Gasteiger partial charge in [0.1, 0.15) is 18.3 Å². The summed E-state index contributed by atoms with van der Waals surface area (Å²) in [5.41, 5.74) is 1.81. The molecule has 1 saturated heterocycles. The molecule has 3 rings (SSSR count). The zero-order valence-electron chi connectivity index (χ0n) is 10.9. The first-order valence-corrected chi connectivity index (χ1v) is 6.39. The molecule has 5 atom stereocenters. The van der Waals surface area contributed by atoms with Gasteiger partial charge >= 0.3 is 0 Å². The highest BCUT2D eigenvalue weighted by atomic mass is 16.7. The van der Waals surface area contributed by atoms with E-state index < -0.39 is 30.2 Å². The first-order chi connectivity index (χ1) is 9.49. The largest absolute Gasteiger partial charge is 0.388 e. The third-order valence-electron chi connectivity index (χ3n) is 3.96. The number of aliphatic hydroxyl groups excluding tert-OH is 3. The summed E-state index contributed by atoms with van der Waals surface area (Å²) in [4.78, 5) is 0. The molecule has 106 valence electrons. The highest BCUT2D eigenvalue weighted by Crippen LogP contribution is 2.45. The molecule has 2 aliphatic heterocycles. The molecule has 2 aliphatic rings. The normalized spacial score (nSPS) is 39.5. The van der Waals surface area contributed by atoms with Gasteiger partial charge in [-0.05, 0) is 24.6 Å². The number of ether oxygens (including phenoxy) is 2. The summed E-state index contributed by atoms with van der Waals surface area (Å²) < 4.78 is 11.3. The number of nitrogens with zero attached hydrogens (tertiary/aromatic N) is 1. The van der Waals surface area contributed by atoms with Crippen LogP contribution in [0.5, 0.6) is 0 Å². The molecular formula is C14H15NO5. The van der Waals surface area contributed by atoms with Gasteiger partial charge in [0, 0.05) is 5.56 Å². The first-order valence-electron chi connectivity index (χ1n) is 6.39. The van der Waals surface area contributed by atoms with Crippen LogP contribution in [0.2, 0.25) is 0 Å². The fraction of sp³-hybridized carbons (Fsp3) is 0.500. The Morgan fingerprint density at radius 2 is 2.05 bits per heavy atom. The minimum atomic E-state index is -1.48. The molecule has 0 saturated carbocycles. The predicted molar refractivity (Wildman–Crippen MR) is 66.2 cm³/mol. The van der Waals surface area contributed by atoms with E-state index in [-0.39, 0.29) is 6.61 Å². The first kappa shape index (κ1) is 13.5. The summed E-state index contributed by atoms with van der Waals surface area (Å²) in [5.74, 6) is -1.48. The molecule has 1 aromatic rings. The molecule has 0 aromatic heterocycles. The minimum absolute atomic E-state index is 0.178. The van der Waals surface area contributed by atoms with Crippen molar-refractivity contribution < 1.29 is 24.8 Å². The molecule has 20 heavy (non-hydrogen) atoms. The second kappa shape index (κ2) is 4.52. The summed E-state index contributed by atoms with van der Waals surface area (Å²) in [5, 5.41) is 38.9. The van der Waals surface area contributed by atoms with E-state index in [1.54, 1.807) is 25.1 Å². The second-order valence-corrected chi connectivity index (χ2v) is 5.19. The molecule has 0 amide bonds. The van der Waals surface area contributed by atoms with Crippen molar-refractivity contribution in [3.8, 4) is 6.07 Å². The van der Waals surface area contributed by atoms with Gasteiger partial charge in [0.2, 0.25) is 5.79 Å². The van der Waals surface area contributed by atoms with Gasteiger partial charge < -0.3 is 24.8 Å². The van der Waals surface area contributed by atoms with Crippen molar-refractivity contribution >= 4 is 0 Å². The van der Waals surface area contributed by atoms with Crippen molar-refractivity contribution in [2.75, 3.05) is 0 Å². The highest BCUT2D eigenvalue weighted by molar-refractivity contribution is 5.42. The second-order valence-electron chi connectivity index (χ2n) is 5.19. The van der Waals surface area contributed by atoms with E-state index in [4.69, 9.17) is 14.7 Å². The van der Waals surface area contributed by atoms with Crippen LogP contribution in [-0.2, 0) is 21.9 Å². The summed E-state index contributed by atoms with van der Waals surface area (Å²) in [7, 11) is 0. The summed E-state index contributed by atoms with van der Waals surface area (Å²) in [6.07, 6.45) is -4.63. The van der Waals surface area contributed by atoms with Gasteiger partial charge in [-0.25, -0.2) is 0 Å². The summed E-state index contributed by atoms with van der Waals surface area (Å²) >= 11 is 0. The molecule has 1 spiro atoms. The smallest absolute Gasteiger partial charge is 0.225 e. The van der Waals surface area contributed by atoms with Gasteiger partial charge in [0.25, 0.3) is 0 Å². The molecular weight excluding hydrogens is 262 g/mol. The Balaban J connectivity index is 2.06. The summed E-state index contributed by atoms with van der Waals surface area (Å²) in [6, 6.07) is 6.96. The lowest BCUT2D eigenvalue weighted by atomic mass is 9.87. The quantitative estimate of drug-likeness (QED) is 0.604. The Morgan fingerprint density at radius 3 is 2.75 bits per heavy atom. The zero-order valence-corrected chi connectivity index (χ0v) is 10.9. The highest BCUT2D eigenvalue weighted by Gasteiger charge is 2.57. The molecule has 1 aromatic carbocycles. The molecule has 1 fully saturated rings. The Morgan fingerprint density at radius 1 is 1.30 bits per heavy atom. The maximum absolute atomic E-state index is 10.3. The standard InChI is InChI=1S/C14H15NO5/c1-7-11(16)12(17)13(18)14(20-7)10-3-2-8(5-15)4-9(10)6-19-14/h2-4,7,11-13,16-18H,6H2,1H3. The van der Waals surface area contributed by atoms with E-state index >= 15 is 0 Å². The van der Waals surface area contributed by atoms with E-state index in [9.17, 15) is 15.3 Å². The predicted octanol–water partition coefficient (Wildman–Crippen LogP) is -0.257. The molecule has 6 heteroatoms. The maximum atomic E-state index is 10.3. The molecule has 6 nitrogen and oxygen atoms in total. The number of benzene rings is 1. The fourth-order valence-electron chi connectivity index (χ4n) is 2.83. The van der Waals surface area contributed by atoms with Crippen LogP contribution in [0.25, 0.3) is 0 Å². The van der Waals surface area contributed by atoms with Gasteiger partial charge in [-0.1, -0.05) is 6.07 Å².